The number of anilines is 1. The van der Waals surface area contributed by atoms with Gasteiger partial charge in [0.2, 0.25) is 5.91 Å². The van der Waals surface area contributed by atoms with Crippen molar-refractivity contribution in [2.75, 3.05) is 12.4 Å². The van der Waals surface area contributed by atoms with Crippen molar-refractivity contribution in [2.24, 2.45) is 5.92 Å². The zero-order chi connectivity index (χ0) is 18.6. The number of benzene rings is 1. The molecule has 1 fully saturated rings. The van der Waals surface area contributed by atoms with Gasteiger partial charge in [-0.05, 0) is 41.8 Å². The summed E-state index contributed by atoms with van der Waals surface area (Å²) in [6.45, 7) is 0.601. The molecule has 5 heteroatoms. The standard InChI is InChI=1S/C22H21N3O2/c1-27-14-15-5-7-16(8-6-15)17-9-10-21(24-13-17)25-22(26)19-12-18(19)20-4-2-3-11-23-20/h2-11,13,18-19H,12,14H2,1H3,(H,24,25,26). The molecule has 0 spiro atoms. The second kappa shape index (κ2) is 7.68. The van der Waals surface area contributed by atoms with E-state index in [1.807, 2.05) is 54.6 Å². The third-order valence-electron chi connectivity index (χ3n) is 4.81. The second-order valence-corrected chi connectivity index (χ2v) is 6.75. The van der Waals surface area contributed by atoms with Crippen molar-refractivity contribution in [1.29, 1.82) is 0 Å². The van der Waals surface area contributed by atoms with Crippen molar-refractivity contribution in [2.45, 2.75) is 18.9 Å². The lowest BCUT2D eigenvalue weighted by Gasteiger charge is -2.07. The number of methoxy groups -OCH3 is 1. The van der Waals surface area contributed by atoms with Crippen LogP contribution in [0.1, 0.15) is 23.6 Å². The summed E-state index contributed by atoms with van der Waals surface area (Å²) in [4.78, 5) is 21.2. The van der Waals surface area contributed by atoms with Crippen LogP contribution in [-0.2, 0) is 16.1 Å². The molecule has 3 aromatic rings. The van der Waals surface area contributed by atoms with Crippen LogP contribution in [0.4, 0.5) is 5.82 Å². The van der Waals surface area contributed by atoms with Gasteiger partial charge in [0.15, 0.2) is 0 Å². The lowest BCUT2D eigenvalue weighted by atomic mass is 10.1. The van der Waals surface area contributed by atoms with Crippen molar-refractivity contribution in [1.82, 2.24) is 9.97 Å². The molecule has 1 N–H and O–H groups in total. The number of hydrogen-bond acceptors (Lipinski definition) is 4. The minimum absolute atomic E-state index is 0.00909. The number of rotatable bonds is 6. The molecule has 2 heterocycles. The van der Waals surface area contributed by atoms with Crippen molar-refractivity contribution < 1.29 is 9.53 Å². The number of hydrogen-bond donors (Lipinski definition) is 1. The maximum atomic E-state index is 12.4. The van der Waals surface area contributed by atoms with Crippen LogP contribution < -0.4 is 5.32 Å². The second-order valence-electron chi connectivity index (χ2n) is 6.75. The zero-order valence-corrected chi connectivity index (χ0v) is 15.1. The quantitative estimate of drug-likeness (QED) is 0.722. The summed E-state index contributed by atoms with van der Waals surface area (Å²) in [5.41, 5.74) is 4.20. The Bertz CT molecular complexity index is 909. The van der Waals surface area contributed by atoms with Crippen LogP contribution in [0.25, 0.3) is 11.1 Å². The highest BCUT2D eigenvalue weighted by Gasteiger charge is 2.44. The Balaban J connectivity index is 1.37. The molecule has 2 atom stereocenters. The van der Waals surface area contributed by atoms with Crippen LogP contribution in [0, 0.1) is 5.92 Å². The summed E-state index contributed by atoms with van der Waals surface area (Å²) in [6, 6.07) is 17.8. The number of carbonyl (C=O) groups is 1. The van der Waals surface area contributed by atoms with E-state index in [9.17, 15) is 4.79 Å². The fourth-order valence-corrected chi connectivity index (χ4v) is 3.22. The maximum Gasteiger partial charge on any atom is 0.229 e. The molecule has 1 aliphatic carbocycles. The first-order valence-corrected chi connectivity index (χ1v) is 9.00. The van der Waals surface area contributed by atoms with Crippen LogP contribution in [0.15, 0.2) is 67.0 Å². The van der Waals surface area contributed by atoms with E-state index < -0.39 is 0 Å². The smallest absolute Gasteiger partial charge is 0.229 e. The van der Waals surface area contributed by atoms with E-state index in [4.69, 9.17) is 4.74 Å². The normalized spacial score (nSPS) is 18.1. The van der Waals surface area contributed by atoms with Crippen molar-refractivity contribution in [3.8, 4) is 11.1 Å². The highest BCUT2D eigenvalue weighted by molar-refractivity contribution is 5.94. The molecular formula is C22H21N3O2. The van der Waals surface area contributed by atoms with Gasteiger partial charge in [-0.15, -0.1) is 0 Å². The molecule has 5 nitrogen and oxygen atoms in total. The third kappa shape index (κ3) is 4.04. The molecule has 0 bridgehead atoms. The van der Waals surface area contributed by atoms with Gasteiger partial charge >= 0.3 is 0 Å². The van der Waals surface area contributed by atoms with E-state index in [1.165, 1.54) is 0 Å². The molecule has 0 radical (unpaired) electrons. The zero-order valence-electron chi connectivity index (χ0n) is 15.1. The summed E-state index contributed by atoms with van der Waals surface area (Å²) in [7, 11) is 1.69. The molecule has 0 aliphatic heterocycles. The van der Waals surface area contributed by atoms with Crippen molar-refractivity contribution in [3.63, 3.8) is 0 Å². The van der Waals surface area contributed by atoms with Crippen LogP contribution >= 0.6 is 0 Å². The molecule has 0 saturated heterocycles. The van der Waals surface area contributed by atoms with Gasteiger partial charge in [0.1, 0.15) is 5.82 Å². The highest BCUT2D eigenvalue weighted by atomic mass is 16.5. The topological polar surface area (TPSA) is 64.1 Å². The summed E-state index contributed by atoms with van der Waals surface area (Å²) in [5, 5.41) is 2.91. The lowest BCUT2D eigenvalue weighted by molar-refractivity contribution is -0.117. The molecule has 27 heavy (non-hydrogen) atoms. The number of ether oxygens (including phenoxy) is 1. The Hall–Kier alpha value is -3.05. The first kappa shape index (κ1) is 17.4. The summed E-state index contributed by atoms with van der Waals surface area (Å²) >= 11 is 0. The first-order valence-electron chi connectivity index (χ1n) is 9.00. The van der Waals surface area contributed by atoms with Crippen LogP contribution in [0.3, 0.4) is 0 Å². The number of pyridine rings is 2. The average molecular weight is 359 g/mol. The molecule has 2 aromatic heterocycles. The van der Waals surface area contributed by atoms with Crippen LogP contribution in [-0.4, -0.2) is 23.0 Å². The van der Waals surface area contributed by atoms with Crippen LogP contribution in [0.2, 0.25) is 0 Å². The van der Waals surface area contributed by atoms with E-state index in [2.05, 4.69) is 15.3 Å². The van der Waals surface area contributed by atoms with Gasteiger partial charge in [0.25, 0.3) is 0 Å². The number of nitrogens with zero attached hydrogens (tertiary/aromatic N) is 2. The fraction of sp³-hybridized carbons (Fsp3) is 0.227. The molecule has 2 unspecified atom stereocenters. The number of aromatic nitrogens is 2. The van der Waals surface area contributed by atoms with Crippen molar-refractivity contribution >= 4 is 11.7 Å². The molecule has 1 aliphatic rings. The minimum Gasteiger partial charge on any atom is -0.380 e. The van der Waals surface area contributed by atoms with Gasteiger partial charge in [-0.1, -0.05) is 30.3 Å². The van der Waals surface area contributed by atoms with Gasteiger partial charge in [-0.2, -0.15) is 0 Å². The highest BCUT2D eigenvalue weighted by Crippen LogP contribution is 2.47. The predicted octanol–water partition coefficient (Wildman–Crippen LogP) is 4.03. The summed E-state index contributed by atoms with van der Waals surface area (Å²) < 4.78 is 5.13. The van der Waals surface area contributed by atoms with E-state index in [1.54, 1.807) is 19.5 Å². The summed E-state index contributed by atoms with van der Waals surface area (Å²) in [6.07, 6.45) is 4.39. The minimum atomic E-state index is -0.0188. The van der Waals surface area contributed by atoms with E-state index in [-0.39, 0.29) is 17.7 Å². The Kier molecular flexibility index (Phi) is 4.94. The van der Waals surface area contributed by atoms with E-state index in [0.717, 1.165) is 28.8 Å². The molecule has 1 saturated carbocycles. The Morgan fingerprint density at radius 3 is 2.56 bits per heavy atom. The monoisotopic (exact) mass is 359 g/mol. The third-order valence-corrected chi connectivity index (χ3v) is 4.81. The van der Waals surface area contributed by atoms with Gasteiger partial charge in [-0.25, -0.2) is 4.98 Å². The van der Waals surface area contributed by atoms with Crippen LogP contribution in [0.5, 0.6) is 0 Å². The molecule has 136 valence electrons. The molecular weight excluding hydrogens is 338 g/mol. The van der Waals surface area contributed by atoms with E-state index >= 15 is 0 Å². The first-order chi connectivity index (χ1) is 13.2. The van der Waals surface area contributed by atoms with Crippen molar-refractivity contribution in [3.05, 3.63) is 78.2 Å². The van der Waals surface area contributed by atoms with Gasteiger partial charge in [0, 0.05) is 42.6 Å². The molecule has 4 rings (SSSR count). The molecule has 1 amide bonds. The van der Waals surface area contributed by atoms with Gasteiger partial charge < -0.3 is 10.1 Å². The summed E-state index contributed by atoms with van der Waals surface area (Å²) in [5.74, 6) is 0.784. The average Bonchev–Trinajstić information content (AvgIpc) is 3.51. The Morgan fingerprint density at radius 1 is 1.07 bits per heavy atom. The fourth-order valence-electron chi connectivity index (χ4n) is 3.22. The van der Waals surface area contributed by atoms with E-state index in [0.29, 0.717) is 12.4 Å². The lowest BCUT2D eigenvalue weighted by Crippen LogP contribution is -2.15. The number of nitrogens with one attached hydrogen (secondary N) is 1. The maximum absolute atomic E-state index is 12.4. The molecule has 1 aromatic carbocycles. The largest absolute Gasteiger partial charge is 0.380 e. The number of amides is 1. The number of carbonyl (C=O) groups excluding carboxylic acids is 1. The SMILES string of the molecule is COCc1ccc(-c2ccc(NC(=O)C3CC3c3ccccn3)nc2)cc1. The Labute approximate surface area is 158 Å². The van der Waals surface area contributed by atoms with Gasteiger partial charge in [0.05, 0.1) is 6.61 Å². The van der Waals surface area contributed by atoms with Gasteiger partial charge in [-0.3, -0.25) is 9.78 Å². The Morgan fingerprint density at radius 2 is 1.89 bits per heavy atom. The predicted molar refractivity (Wildman–Crippen MR) is 104 cm³/mol.